The standard InChI is InChI=1S/C41H59NOSi2.C3H8/c1-29-22-23-36-35(26-29)38-39(42(36)5)33-20-14-15-21-34(33)40(38)45(9,25-17-11-10-16-24-43-41(2,3)4)37-27-30(28-44(6,7)8)31-18-12-13-19-32(31)37;1-3-2/h12,14-15,18-23,26-27,33-34,38-40H,10-11,13,16-17,24-25,28H2,1-9H3;3H2,1-2H3. The lowest BCUT2D eigenvalue weighted by Gasteiger charge is -2.42. The third-order valence-corrected chi connectivity index (χ3v) is 18.0. The van der Waals surface area contributed by atoms with Gasteiger partial charge in [0.1, 0.15) is 0 Å². The number of hydrogen-bond acceptors (Lipinski definition) is 2. The number of fused-ring (bicyclic) bond motifs is 6. The summed E-state index contributed by atoms with van der Waals surface area (Å²) in [6.07, 6.45) is 27.6. The van der Waals surface area contributed by atoms with Crippen molar-refractivity contribution in [2.45, 2.75) is 141 Å². The third kappa shape index (κ3) is 7.76. The topological polar surface area (TPSA) is 12.5 Å². The average Bonchev–Trinajstić information content (AvgIpc) is 3.64. The Bertz CT molecular complexity index is 1490. The Labute approximate surface area is 297 Å². The first-order chi connectivity index (χ1) is 22.7. The molecule has 0 N–H and O–H groups in total. The van der Waals surface area contributed by atoms with Crippen LogP contribution in [0.5, 0.6) is 0 Å². The van der Waals surface area contributed by atoms with Crippen molar-refractivity contribution < 1.29 is 4.74 Å². The van der Waals surface area contributed by atoms with Gasteiger partial charge in [0.05, 0.1) is 13.7 Å². The van der Waals surface area contributed by atoms with Crippen molar-refractivity contribution in [3.63, 3.8) is 0 Å². The number of ether oxygens (including phenoxy) is 1. The fourth-order valence-corrected chi connectivity index (χ4v) is 16.7. The molecule has 6 rings (SSSR count). The molecule has 48 heavy (non-hydrogen) atoms. The SMILES string of the molecule is CCC.Cc1ccc2c(c1)C1C(C3C=CC=CC3C1[Si](C)(CCCCCCOC(C)(C)C)C1=CC(C[Si](C)(C)C)=C3C=CCC=C13)N2C. The molecule has 5 aliphatic rings. The molecule has 1 saturated carbocycles. The molecular weight excluding hydrogens is 615 g/mol. The van der Waals surface area contributed by atoms with Gasteiger partial charge in [-0.05, 0) is 86.4 Å². The minimum atomic E-state index is -2.03. The van der Waals surface area contributed by atoms with E-state index in [-0.39, 0.29) is 5.60 Å². The molecule has 0 bridgehead atoms. The molecule has 262 valence electrons. The quantitative estimate of drug-likeness (QED) is 0.170. The largest absolute Gasteiger partial charge is 0.376 e. The van der Waals surface area contributed by atoms with Gasteiger partial charge in [0, 0.05) is 45.3 Å². The van der Waals surface area contributed by atoms with Crippen molar-refractivity contribution >= 4 is 21.8 Å². The first-order valence-electron chi connectivity index (χ1n) is 19.3. The summed E-state index contributed by atoms with van der Waals surface area (Å²) in [6.45, 7) is 24.4. The van der Waals surface area contributed by atoms with Crippen LogP contribution in [0.4, 0.5) is 5.69 Å². The van der Waals surface area contributed by atoms with E-state index in [2.05, 4.69) is 146 Å². The van der Waals surface area contributed by atoms with Crippen LogP contribution < -0.4 is 4.90 Å². The molecular formula is C44H67NOSi2. The molecule has 4 aliphatic carbocycles. The minimum Gasteiger partial charge on any atom is -0.376 e. The Morgan fingerprint density at radius 3 is 2.31 bits per heavy atom. The molecule has 6 atom stereocenters. The fourth-order valence-electron chi connectivity index (χ4n) is 9.59. The summed E-state index contributed by atoms with van der Waals surface area (Å²) in [6, 6.07) is 10.5. The molecule has 1 aromatic carbocycles. The molecule has 6 unspecified atom stereocenters. The maximum absolute atomic E-state index is 6.07. The van der Waals surface area contributed by atoms with E-state index in [1.807, 2.05) is 0 Å². The molecule has 1 fully saturated rings. The van der Waals surface area contributed by atoms with E-state index in [4.69, 9.17) is 4.74 Å². The van der Waals surface area contributed by atoms with E-state index < -0.39 is 16.1 Å². The Hall–Kier alpha value is -2.15. The Morgan fingerprint density at radius 1 is 0.938 bits per heavy atom. The highest BCUT2D eigenvalue weighted by atomic mass is 28.3. The highest BCUT2D eigenvalue weighted by Gasteiger charge is 2.61. The second-order valence-corrected chi connectivity index (χ2v) is 27.9. The van der Waals surface area contributed by atoms with Crippen LogP contribution in [0.1, 0.15) is 90.2 Å². The number of hydrogen-bond donors (Lipinski definition) is 0. The summed E-state index contributed by atoms with van der Waals surface area (Å²) in [5, 5.41) is 1.79. The number of allylic oxidation sites excluding steroid dienone is 11. The van der Waals surface area contributed by atoms with Gasteiger partial charge in [-0.3, -0.25) is 0 Å². The van der Waals surface area contributed by atoms with Crippen LogP contribution in [-0.4, -0.2) is 41.4 Å². The van der Waals surface area contributed by atoms with Gasteiger partial charge in [-0.25, -0.2) is 0 Å². The lowest BCUT2D eigenvalue weighted by atomic mass is 9.89. The Morgan fingerprint density at radius 2 is 1.62 bits per heavy atom. The van der Waals surface area contributed by atoms with Crippen LogP contribution in [0.3, 0.4) is 0 Å². The third-order valence-electron chi connectivity index (χ3n) is 11.3. The summed E-state index contributed by atoms with van der Waals surface area (Å²) in [4.78, 5) is 2.68. The normalized spacial score (nSPS) is 26.7. The smallest absolute Gasteiger partial charge is 0.0888 e. The van der Waals surface area contributed by atoms with Gasteiger partial charge in [0.15, 0.2) is 0 Å². The van der Waals surface area contributed by atoms with E-state index in [1.54, 1.807) is 27.5 Å². The Kier molecular flexibility index (Phi) is 11.6. The van der Waals surface area contributed by atoms with Crippen molar-refractivity contribution in [3.8, 4) is 0 Å². The van der Waals surface area contributed by atoms with Crippen molar-refractivity contribution in [1.29, 1.82) is 0 Å². The van der Waals surface area contributed by atoms with Crippen molar-refractivity contribution in [3.05, 3.63) is 99.8 Å². The van der Waals surface area contributed by atoms with Crippen LogP contribution in [0.25, 0.3) is 0 Å². The second-order valence-electron chi connectivity index (χ2n) is 17.9. The first-order valence-corrected chi connectivity index (χ1v) is 25.8. The lowest BCUT2D eigenvalue weighted by Crippen LogP contribution is -2.43. The second kappa shape index (κ2) is 15.0. The zero-order chi connectivity index (χ0) is 34.9. The van der Waals surface area contributed by atoms with E-state index in [0.717, 1.165) is 13.0 Å². The summed E-state index contributed by atoms with van der Waals surface area (Å²) in [5.74, 6) is 1.79. The van der Waals surface area contributed by atoms with Gasteiger partial charge >= 0.3 is 0 Å². The van der Waals surface area contributed by atoms with Crippen molar-refractivity contribution in [2.75, 3.05) is 18.6 Å². The maximum atomic E-state index is 6.07. The number of unbranched alkanes of at least 4 members (excludes halogenated alkanes) is 3. The van der Waals surface area contributed by atoms with Crippen LogP contribution in [-0.2, 0) is 4.74 Å². The van der Waals surface area contributed by atoms with E-state index >= 15 is 0 Å². The number of anilines is 1. The minimum absolute atomic E-state index is 0.0401. The summed E-state index contributed by atoms with van der Waals surface area (Å²) in [7, 11) is -0.916. The highest BCUT2D eigenvalue weighted by Crippen LogP contribution is 2.66. The van der Waals surface area contributed by atoms with Gasteiger partial charge in [-0.2, -0.15) is 0 Å². The van der Waals surface area contributed by atoms with Crippen LogP contribution in [0.2, 0.25) is 43.8 Å². The van der Waals surface area contributed by atoms with Crippen molar-refractivity contribution in [1.82, 2.24) is 0 Å². The molecule has 0 spiro atoms. The number of aryl methyl sites for hydroxylation is 1. The zero-order valence-corrected chi connectivity index (χ0v) is 34.5. The molecule has 0 aromatic heterocycles. The summed E-state index contributed by atoms with van der Waals surface area (Å²) >= 11 is 0. The molecule has 1 heterocycles. The maximum Gasteiger partial charge on any atom is 0.0888 e. The van der Waals surface area contributed by atoms with E-state index in [9.17, 15) is 0 Å². The van der Waals surface area contributed by atoms with E-state index in [1.165, 1.54) is 55.4 Å². The highest BCUT2D eigenvalue weighted by molar-refractivity contribution is 6.88. The lowest BCUT2D eigenvalue weighted by molar-refractivity contribution is -0.00471. The molecule has 2 nitrogen and oxygen atoms in total. The fraction of sp³-hybridized carbons (Fsp3) is 0.591. The first kappa shape index (κ1) is 37.1. The van der Waals surface area contributed by atoms with Crippen molar-refractivity contribution in [2.24, 2.45) is 11.8 Å². The predicted molar refractivity (Wildman–Crippen MR) is 217 cm³/mol. The predicted octanol–water partition coefficient (Wildman–Crippen LogP) is 12.5. The molecule has 1 aliphatic heterocycles. The van der Waals surface area contributed by atoms with E-state index in [0.29, 0.717) is 29.3 Å². The molecule has 0 radical (unpaired) electrons. The summed E-state index contributed by atoms with van der Waals surface area (Å²) < 4.78 is 6.07. The molecule has 0 amide bonds. The molecule has 4 heteroatoms. The van der Waals surface area contributed by atoms with Gasteiger partial charge in [-0.15, -0.1) is 0 Å². The van der Waals surface area contributed by atoms with Crippen LogP contribution in [0, 0.1) is 18.8 Å². The van der Waals surface area contributed by atoms with Gasteiger partial charge in [-0.1, -0.05) is 143 Å². The molecule has 0 saturated heterocycles. The number of likely N-dealkylation sites (N-methyl/N-ethyl adjacent to an activating group) is 1. The van der Waals surface area contributed by atoms with Crippen LogP contribution >= 0.6 is 0 Å². The Balaban J connectivity index is 0.00000145. The number of nitrogens with zero attached hydrogens (tertiary/aromatic N) is 1. The van der Waals surface area contributed by atoms with Crippen LogP contribution in [0.15, 0.2) is 88.7 Å². The average molecular weight is 682 g/mol. The van der Waals surface area contributed by atoms with Gasteiger partial charge in [0.2, 0.25) is 0 Å². The number of benzene rings is 1. The van der Waals surface area contributed by atoms with Gasteiger partial charge < -0.3 is 9.64 Å². The zero-order valence-electron chi connectivity index (χ0n) is 32.5. The molecule has 1 aromatic rings. The summed E-state index contributed by atoms with van der Waals surface area (Å²) in [5.41, 5.74) is 10.0. The number of rotatable bonds is 11. The van der Waals surface area contributed by atoms with Gasteiger partial charge in [0.25, 0.3) is 0 Å². The monoisotopic (exact) mass is 681 g/mol.